The second kappa shape index (κ2) is 3.23. The Hall–Kier alpha value is -0.570. The van der Waals surface area contributed by atoms with E-state index >= 15 is 0 Å². The lowest BCUT2D eigenvalue weighted by Crippen LogP contribution is -2.28. The third-order valence-corrected chi connectivity index (χ3v) is 2.94. The van der Waals surface area contributed by atoms with E-state index in [9.17, 15) is 4.79 Å². The number of ether oxygens (including phenoxy) is 1. The normalized spacial score (nSPS) is 36.1. The Morgan fingerprint density at radius 1 is 1.43 bits per heavy atom. The van der Waals surface area contributed by atoms with E-state index in [0.29, 0.717) is 12.0 Å². The van der Waals surface area contributed by atoms with Crippen LogP contribution in [0.4, 0.5) is 0 Å². The fourth-order valence-corrected chi connectivity index (χ4v) is 2.31. The summed E-state index contributed by atoms with van der Waals surface area (Å²) in [5.41, 5.74) is -0.344. The van der Waals surface area contributed by atoms with Crippen LogP contribution in [-0.4, -0.2) is 24.2 Å². The molecular weight excluding hydrogens is 178 g/mol. The molecule has 80 valence electrons. The van der Waals surface area contributed by atoms with E-state index in [0.717, 1.165) is 6.54 Å². The summed E-state index contributed by atoms with van der Waals surface area (Å²) in [5, 5.41) is 3.37. The Balaban J connectivity index is 1.88. The van der Waals surface area contributed by atoms with Crippen molar-refractivity contribution in [2.45, 2.75) is 45.3 Å². The molecule has 0 spiro atoms. The first-order valence-corrected chi connectivity index (χ1v) is 5.45. The molecule has 1 aliphatic carbocycles. The van der Waals surface area contributed by atoms with Crippen LogP contribution in [0, 0.1) is 11.8 Å². The van der Waals surface area contributed by atoms with Crippen molar-refractivity contribution in [1.29, 1.82) is 0 Å². The van der Waals surface area contributed by atoms with Gasteiger partial charge < -0.3 is 10.1 Å². The van der Waals surface area contributed by atoms with Crippen LogP contribution in [0.5, 0.6) is 0 Å². The Kier molecular flexibility index (Phi) is 2.30. The summed E-state index contributed by atoms with van der Waals surface area (Å²) >= 11 is 0. The molecule has 0 aromatic carbocycles. The number of hydrogen-bond acceptors (Lipinski definition) is 3. The molecule has 1 N–H and O–H groups in total. The molecule has 14 heavy (non-hydrogen) atoms. The Morgan fingerprint density at radius 2 is 2.14 bits per heavy atom. The number of fused-ring (bicyclic) bond motifs is 1. The maximum atomic E-state index is 11.7. The molecule has 0 aromatic heterocycles. The zero-order chi connectivity index (χ0) is 10.3. The van der Waals surface area contributed by atoms with Crippen LogP contribution >= 0.6 is 0 Å². The average molecular weight is 197 g/mol. The zero-order valence-electron chi connectivity index (χ0n) is 9.17. The lowest BCUT2D eigenvalue weighted by Gasteiger charge is -2.19. The van der Waals surface area contributed by atoms with E-state index in [4.69, 9.17) is 4.74 Å². The molecule has 1 saturated heterocycles. The van der Waals surface area contributed by atoms with Gasteiger partial charge >= 0.3 is 5.97 Å². The second-order valence-corrected chi connectivity index (χ2v) is 5.35. The van der Waals surface area contributed by atoms with E-state index in [2.05, 4.69) is 5.32 Å². The standard InChI is InChI=1S/C11H19NO2/c1-11(2,3)14-10(13)8-7-5-4-6-12-9(7)8/h7-9,12H,4-6H2,1-3H3/t7-,8-,9-/m1/s1. The molecule has 3 atom stereocenters. The van der Waals surface area contributed by atoms with Gasteiger partial charge in [0.25, 0.3) is 0 Å². The third-order valence-electron chi connectivity index (χ3n) is 2.94. The van der Waals surface area contributed by atoms with Crippen molar-refractivity contribution in [2.75, 3.05) is 6.54 Å². The third kappa shape index (κ3) is 1.92. The minimum Gasteiger partial charge on any atom is -0.460 e. The van der Waals surface area contributed by atoms with Gasteiger partial charge in [0.15, 0.2) is 0 Å². The first-order valence-electron chi connectivity index (χ1n) is 5.45. The molecule has 0 amide bonds. The minimum absolute atomic E-state index is 0.0121. The molecule has 2 aliphatic rings. The highest BCUT2D eigenvalue weighted by Crippen LogP contribution is 2.45. The summed E-state index contributed by atoms with van der Waals surface area (Å²) in [5.74, 6) is 0.678. The van der Waals surface area contributed by atoms with E-state index < -0.39 is 0 Å². The van der Waals surface area contributed by atoms with Gasteiger partial charge in [-0.3, -0.25) is 4.79 Å². The van der Waals surface area contributed by atoms with Crippen molar-refractivity contribution in [2.24, 2.45) is 11.8 Å². The highest BCUT2D eigenvalue weighted by atomic mass is 16.6. The zero-order valence-corrected chi connectivity index (χ0v) is 9.17. The SMILES string of the molecule is CC(C)(C)OC(=O)[C@@H]1[C@H]2CCCN[C@H]21. The predicted molar refractivity (Wildman–Crippen MR) is 53.8 cm³/mol. The summed E-state index contributed by atoms with van der Waals surface area (Å²) in [4.78, 5) is 11.7. The van der Waals surface area contributed by atoms with Crippen LogP contribution in [0.15, 0.2) is 0 Å². The molecule has 2 fully saturated rings. The van der Waals surface area contributed by atoms with Gasteiger partial charge in [-0.1, -0.05) is 0 Å². The summed E-state index contributed by atoms with van der Waals surface area (Å²) in [6, 6.07) is 0.415. The lowest BCUT2D eigenvalue weighted by molar-refractivity contribution is -0.157. The van der Waals surface area contributed by atoms with Gasteiger partial charge in [-0.05, 0) is 46.1 Å². The number of carbonyl (C=O) groups is 1. The predicted octanol–water partition coefficient (Wildman–Crippen LogP) is 1.33. The van der Waals surface area contributed by atoms with Crippen molar-refractivity contribution in [3.8, 4) is 0 Å². The van der Waals surface area contributed by atoms with Crippen LogP contribution < -0.4 is 5.32 Å². The minimum atomic E-state index is -0.344. The average Bonchev–Trinajstić information content (AvgIpc) is 2.73. The van der Waals surface area contributed by atoms with Crippen LogP contribution in [-0.2, 0) is 9.53 Å². The molecule has 0 unspecified atom stereocenters. The van der Waals surface area contributed by atoms with Crippen molar-refractivity contribution < 1.29 is 9.53 Å². The quantitative estimate of drug-likeness (QED) is 0.644. The highest BCUT2D eigenvalue weighted by molar-refractivity contribution is 5.78. The molecule has 0 bridgehead atoms. The van der Waals surface area contributed by atoms with Gasteiger partial charge in [0.05, 0.1) is 5.92 Å². The van der Waals surface area contributed by atoms with Gasteiger partial charge in [0, 0.05) is 6.04 Å². The molecule has 0 radical (unpaired) electrons. The van der Waals surface area contributed by atoms with Crippen molar-refractivity contribution in [3.63, 3.8) is 0 Å². The number of rotatable bonds is 1. The van der Waals surface area contributed by atoms with Gasteiger partial charge in [-0.25, -0.2) is 0 Å². The smallest absolute Gasteiger partial charge is 0.311 e. The first-order chi connectivity index (χ1) is 6.49. The van der Waals surface area contributed by atoms with Crippen LogP contribution in [0.1, 0.15) is 33.6 Å². The molecular formula is C11H19NO2. The molecule has 0 aromatic rings. The summed E-state index contributed by atoms with van der Waals surface area (Å²) in [6.45, 7) is 6.82. The lowest BCUT2D eigenvalue weighted by atomic mass is 10.1. The van der Waals surface area contributed by atoms with Crippen LogP contribution in [0.2, 0.25) is 0 Å². The first kappa shape index (κ1) is 9.97. The fraction of sp³-hybridized carbons (Fsp3) is 0.909. The molecule has 1 saturated carbocycles. The van der Waals surface area contributed by atoms with Crippen molar-refractivity contribution in [3.05, 3.63) is 0 Å². The van der Waals surface area contributed by atoms with E-state index in [1.54, 1.807) is 0 Å². The Bertz CT molecular complexity index is 232. The summed E-state index contributed by atoms with van der Waals surface area (Å²) in [7, 11) is 0. The molecule has 3 heteroatoms. The van der Waals surface area contributed by atoms with Crippen molar-refractivity contribution in [1.82, 2.24) is 5.32 Å². The fourth-order valence-electron chi connectivity index (χ4n) is 2.31. The van der Waals surface area contributed by atoms with Crippen LogP contribution in [0.3, 0.4) is 0 Å². The van der Waals surface area contributed by atoms with E-state index in [1.165, 1.54) is 12.8 Å². The Labute approximate surface area is 85.2 Å². The molecule has 3 nitrogen and oxygen atoms in total. The summed E-state index contributed by atoms with van der Waals surface area (Å²) in [6.07, 6.45) is 2.38. The van der Waals surface area contributed by atoms with E-state index in [1.807, 2.05) is 20.8 Å². The number of carbonyl (C=O) groups excluding carboxylic acids is 1. The van der Waals surface area contributed by atoms with Gasteiger partial charge in [0.1, 0.15) is 5.60 Å². The maximum Gasteiger partial charge on any atom is 0.311 e. The number of hydrogen-bond donors (Lipinski definition) is 1. The number of piperidine rings is 1. The number of esters is 1. The van der Waals surface area contributed by atoms with Gasteiger partial charge in [0.2, 0.25) is 0 Å². The molecule has 1 heterocycles. The van der Waals surface area contributed by atoms with Gasteiger partial charge in [-0.15, -0.1) is 0 Å². The number of nitrogens with one attached hydrogen (secondary N) is 1. The Morgan fingerprint density at radius 3 is 2.64 bits per heavy atom. The topological polar surface area (TPSA) is 38.3 Å². The monoisotopic (exact) mass is 197 g/mol. The van der Waals surface area contributed by atoms with Crippen LogP contribution in [0.25, 0.3) is 0 Å². The summed E-state index contributed by atoms with van der Waals surface area (Å²) < 4.78 is 5.37. The van der Waals surface area contributed by atoms with Gasteiger partial charge in [-0.2, -0.15) is 0 Å². The molecule has 1 aliphatic heterocycles. The second-order valence-electron chi connectivity index (χ2n) is 5.35. The van der Waals surface area contributed by atoms with E-state index in [-0.39, 0.29) is 17.5 Å². The highest BCUT2D eigenvalue weighted by Gasteiger charge is 2.56. The largest absolute Gasteiger partial charge is 0.460 e. The molecule has 2 rings (SSSR count). The van der Waals surface area contributed by atoms with Crippen molar-refractivity contribution >= 4 is 5.97 Å². The maximum absolute atomic E-state index is 11.7.